The molecule has 0 aromatic carbocycles. The molecule has 2 aromatic rings. The number of hydrogen-bond acceptors (Lipinski definition) is 4. The predicted molar refractivity (Wildman–Crippen MR) is 103 cm³/mol. The van der Waals surface area contributed by atoms with Gasteiger partial charge in [0, 0.05) is 35.7 Å². The SMILES string of the molecule is COCC(C)(C)c1nc2c(c(-c3ccnc(C)c3)c1C#N)CC(C)CC2. The van der Waals surface area contributed by atoms with Gasteiger partial charge in [0.15, 0.2) is 0 Å². The fourth-order valence-corrected chi connectivity index (χ4v) is 3.98. The molecule has 136 valence electrons. The molecule has 0 N–H and O–H groups in total. The number of aromatic nitrogens is 2. The Kier molecular flexibility index (Phi) is 5.11. The van der Waals surface area contributed by atoms with E-state index in [1.165, 1.54) is 5.56 Å². The van der Waals surface area contributed by atoms with Gasteiger partial charge in [-0.3, -0.25) is 9.97 Å². The zero-order chi connectivity index (χ0) is 18.9. The molecule has 4 nitrogen and oxygen atoms in total. The molecule has 0 bridgehead atoms. The average Bonchev–Trinajstić information content (AvgIpc) is 2.59. The average molecular weight is 349 g/mol. The molecule has 0 spiro atoms. The maximum atomic E-state index is 10.1. The minimum atomic E-state index is -0.325. The molecule has 1 aliphatic rings. The molecule has 0 saturated heterocycles. The lowest BCUT2D eigenvalue weighted by atomic mass is 9.78. The highest BCUT2D eigenvalue weighted by Gasteiger charge is 2.32. The molecule has 1 aliphatic carbocycles. The van der Waals surface area contributed by atoms with E-state index in [0.29, 0.717) is 18.1 Å². The van der Waals surface area contributed by atoms with Crippen molar-refractivity contribution in [2.75, 3.05) is 13.7 Å². The van der Waals surface area contributed by atoms with Gasteiger partial charge in [-0.25, -0.2) is 0 Å². The number of methoxy groups -OCH3 is 1. The maximum absolute atomic E-state index is 10.1. The van der Waals surface area contributed by atoms with Crippen LogP contribution in [0.5, 0.6) is 0 Å². The van der Waals surface area contributed by atoms with Crippen LogP contribution < -0.4 is 0 Å². The van der Waals surface area contributed by atoms with E-state index in [0.717, 1.165) is 47.5 Å². The van der Waals surface area contributed by atoms with Crippen molar-refractivity contribution >= 4 is 0 Å². The Hall–Kier alpha value is -2.25. The second-order valence-corrected chi connectivity index (χ2v) is 8.10. The van der Waals surface area contributed by atoms with Gasteiger partial charge in [0.25, 0.3) is 0 Å². The lowest BCUT2D eigenvalue weighted by Gasteiger charge is -2.30. The van der Waals surface area contributed by atoms with Gasteiger partial charge in [0.05, 0.1) is 17.9 Å². The number of ether oxygens (including phenoxy) is 1. The maximum Gasteiger partial charge on any atom is 0.102 e. The Morgan fingerprint density at radius 2 is 2.15 bits per heavy atom. The molecule has 0 aliphatic heterocycles. The highest BCUT2D eigenvalue weighted by atomic mass is 16.5. The molecule has 0 fully saturated rings. The quantitative estimate of drug-likeness (QED) is 0.822. The molecule has 0 saturated carbocycles. The van der Waals surface area contributed by atoms with Gasteiger partial charge in [-0.2, -0.15) is 5.26 Å². The van der Waals surface area contributed by atoms with Crippen molar-refractivity contribution in [2.24, 2.45) is 5.92 Å². The first-order valence-corrected chi connectivity index (χ1v) is 9.25. The highest BCUT2D eigenvalue weighted by Crippen LogP contribution is 2.39. The first kappa shape index (κ1) is 18.5. The molecule has 2 heterocycles. The van der Waals surface area contributed by atoms with Crippen molar-refractivity contribution < 1.29 is 4.74 Å². The third-order valence-electron chi connectivity index (χ3n) is 5.25. The number of aryl methyl sites for hydroxylation is 2. The third kappa shape index (κ3) is 3.37. The fourth-order valence-electron chi connectivity index (χ4n) is 3.98. The van der Waals surface area contributed by atoms with Gasteiger partial charge in [-0.05, 0) is 55.4 Å². The zero-order valence-corrected chi connectivity index (χ0v) is 16.4. The van der Waals surface area contributed by atoms with Crippen molar-refractivity contribution in [3.8, 4) is 17.2 Å². The van der Waals surface area contributed by atoms with E-state index >= 15 is 0 Å². The van der Waals surface area contributed by atoms with Crippen LogP contribution in [0.25, 0.3) is 11.1 Å². The first-order valence-electron chi connectivity index (χ1n) is 9.25. The van der Waals surface area contributed by atoms with Gasteiger partial charge >= 0.3 is 0 Å². The minimum Gasteiger partial charge on any atom is -0.384 e. The van der Waals surface area contributed by atoms with Crippen LogP contribution in [0.1, 0.15) is 55.4 Å². The largest absolute Gasteiger partial charge is 0.384 e. The first-order chi connectivity index (χ1) is 12.4. The topological polar surface area (TPSA) is 58.8 Å². The summed E-state index contributed by atoms with van der Waals surface area (Å²) in [5.41, 5.74) is 6.66. The Bertz CT molecular complexity index is 864. The summed E-state index contributed by atoms with van der Waals surface area (Å²) in [5.74, 6) is 0.607. The van der Waals surface area contributed by atoms with Gasteiger partial charge < -0.3 is 4.74 Å². The van der Waals surface area contributed by atoms with Crippen LogP contribution in [-0.2, 0) is 23.0 Å². The molecule has 26 heavy (non-hydrogen) atoms. The molecular formula is C22H27N3O. The standard InChI is InChI=1S/C22H27N3O/c1-14-6-7-19-17(10-14)20(16-8-9-24-15(2)11-16)18(12-23)21(25-19)22(3,4)13-26-5/h8-9,11,14H,6-7,10,13H2,1-5H3. The molecule has 3 rings (SSSR count). The highest BCUT2D eigenvalue weighted by molar-refractivity contribution is 5.76. The van der Waals surface area contributed by atoms with Gasteiger partial charge in [0.2, 0.25) is 0 Å². The number of nitrogens with zero attached hydrogens (tertiary/aromatic N) is 3. The minimum absolute atomic E-state index is 0.325. The van der Waals surface area contributed by atoms with Crippen molar-refractivity contribution in [3.63, 3.8) is 0 Å². The molecule has 1 unspecified atom stereocenters. The smallest absolute Gasteiger partial charge is 0.102 e. The summed E-state index contributed by atoms with van der Waals surface area (Å²) in [4.78, 5) is 9.33. The monoisotopic (exact) mass is 349 g/mol. The summed E-state index contributed by atoms with van der Waals surface area (Å²) in [6.45, 7) is 8.98. The van der Waals surface area contributed by atoms with E-state index in [-0.39, 0.29) is 5.41 Å². The lowest BCUT2D eigenvalue weighted by Crippen LogP contribution is -2.29. The Labute approximate surface area is 156 Å². The molecule has 2 aromatic heterocycles. The molecule has 4 heteroatoms. The Morgan fingerprint density at radius 3 is 2.81 bits per heavy atom. The van der Waals surface area contributed by atoms with Crippen LogP contribution in [0.2, 0.25) is 0 Å². The number of nitriles is 1. The summed E-state index contributed by atoms with van der Waals surface area (Å²) in [7, 11) is 1.70. The normalized spacial score (nSPS) is 16.8. The number of pyridine rings is 2. The van der Waals surface area contributed by atoms with Crippen LogP contribution in [0.3, 0.4) is 0 Å². The Balaban J connectivity index is 2.34. The molecule has 1 atom stereocenters. The van der Waals surface area contributed by atoms with Gasteiger partial charge in [-0.15, -0.1) is 0 Å². The van der Waals surface area contributed by atoms with Crippen molar-refractivity contribution in [2.45, 2.75) is 52.4 Å². The second kappa shape index (κ2) is 7.17. The number of rotatable bonds is 4. The van der Waals surface area contributed by atoms with Crippen LogP contribution >= 0.6 is 0 Å². The van der Waals surface area contributed by atoms with Gasteiger partial charge in [-0.1, -0.05) is 20.8 Å². The Morgan fingerprint density at radius 1 is 1.38 bits per heavy atom. The number of fused-ring (bicyclic) bond motifs is 1. The summed E-state index contributed by atoms with van der Waals surface area (Å²) in [6, 6.07) is 6.56. The van der Waals surface area contributed by atoms with Crippen LogP contribution in [0.15, 0.2) is 18.3 Å². The van der Waals surface area contributed by atoms with E-state index in [1.807, 2.05) is 19.2 Å². The van der Waals surface area contributed by atoms with Crippen molar-refractivity contribution in [3.05, 3.63) is 46.5 Å². The van der Waals surface area contributed by atoms with E-state index in [2.05, 4.69) is 37.9 Å². The van der Waals surface area contributed by atoms with E-state index < -0.39 is 0 Å². The third-order valence-corrected chi connectivity index (χ3v) is 5.25. The van der Waals surface area contributed by atoms with Crippen LogP contribution in [0.4, 0.5) is 0 Å². The predicted octanol–water partition coefficient (Wildman–Crippen LogP) is 4.37. The molecule has 0 radical (unpaired) electrons. The summed E-state index contributed by atoms with van der Waals surface area (Å²) < 4.78 is 5.43. The zero-order valence-electron chi connectivity index (χ0n) is 16.4. The van der Waals surface area contributed by atoms with Crippen LogP contribution in [-0.4, -0.2) is 23.7 Å². The lowest BCUT2D eigenvalue weighted by molar-refractivity contribution is 0.144. The van der Waals surface area contributed by atoms with Crippen LogP contribution in [0, 0.1) is 24.2 Å². The van der Waals surface area contributed by atoms with E-state index in [1.54, 1.807) is 7.11 Å². The van der Waals surface area contributed by atoms with Crippen molar-refractivity contribution in [1.29, 1.82) is 5.26 Å². The second-order valence-electron chi connectivity index (χ2n) is 8.10. The fraction of sp³-hybridized carbons (Fsp3) is 0.500. The van der Waals surface area contributed by atoms with Crippen molar-refractivity contribution in [1.82, 2.24) is 9.97 Å². The number of hydrogen-bond donors (Lipinski definition) is 0. The molecular weight excluding hydrogens is 322 g/mol. The van der Waals surface area contributed by atoms with Gasteiger partial charge in [0.1, 0.15) is 6.07 Å². The molecule has 0 amide bonds. The summed E-state index contributed by atoms with van der Waals surface area (Å²) >= 11 is 0. The van der Waals surface area contributed by atoms with E-state index in [4.69, 9.17) is 9.72 Å². The summed E-state index contributed by atoms with van der Waals surface area (Å²) in [5, 5.41) is 10.1. The summed E-state index contributed by atoms with van der Waals surface area (Å²) in [6.07, 6.45) is 4.91. The van der Waals surface area contributed by atoms with E-state index in [9.17, 15) is 5.26 Å².